The Bertz CT molecular complexity index is 1230. The van der Waals surface area contributed by atoms with Crippen molar-refractivity contribution >= 4 is 17.5 Å². The molecule has 3 aromatic rings. The Morgan fingerprint density at radius 3 is 2.26 bits per heavy atom. The maximum Gasteiger partial charge on any atom is 0.251 e. The summed E-state index contributed by atoms with van der Waals surface area (Å²) in [6.07, 6.45) is 0.818. The third-order valence-corrected chi connectivity index (χ3v) is 6.66. The standard InChI is InChI=1S/C27H26N2O5/c1-33-23-14-18-12-13-28(22-16-25(31)29(27(22)32)19-6-4-3-5-7-19)26(21(18)15-24(23)34-2)17-8-10-20(30)11-9-17/h3-11,14-15,22,26,30H,12-13,16H2,1-2H3/t22-,26-/m1/s1. The first-order chi connectivity index (χ1) is 16.5. The predicted octanol–water partition coefficient (Wildman–Crippen LogP) is 3.69. The Hall–Kier alpha value is -3.84. The molecule has 34 heavy (non-hydrogen) atoms. The van der Waals surface area contributed by atoms with Gasteiger partial charge in [0.2, 0.25) is 5.91 Å². The van der Waals surface area contributed by atoms with Gasteiger partial charge in [-0.3, -0.25) is 14.5 Å². The molecule has 0 aromatic heterocycles. The number of nitrogens with zero attached hydrogens (tertiary/aromatic N) is 2. The number of methoxy groups -OCH3 is 2. The molecular weight excluding hydrogens is 432 g/mol. The first-order valence-corrected chi connectivity index (χ1v) is 11.2. The van der Waals surface area contributed by atoms with Gasteiger partial charge < -0.3 is 14.6 Å². The molecule has 5 rings (SSSR count). The number of imide groups is 1. The highest BCUT2D eigenvalue weighted by molar-refractivity contribution is 6.22. The molecule has 7 heteroatoms. The number of hydrogen-bond acceptors (Lipinski definition) is 6. The average Bonchev–Trinajstić information content (AvgIpc) is 3.16. The van der Waals surface area contributed by atoms with E-state index in [-0.39, 0.29) is 30.0 Å². The van der Waals surface area contributed by atoms with E-state index in [2.05, 4.69) is 4.90 Å². The molecule has 0 unspecified atom stereocenters. The van der Waals surface area contributed by atoms with E-state index >= 15 is 0 Å². The van der Waals surface area contributed by atoms with Crippen LogP contribution in [0.1, 0.15) is 29.2 Å². The van der Waals surface area contributed by atoms with Crippen LogP contribution in [0.25, 0.3) is 0 Å². The maximum atomic E-state index is 13.6. The van der Waals surface area contributed by atoms with Gasteiger partial charge in [-0.05, 0) is 59.5 Å². The van der Waals surface area contributed by atoms with Crippen molar-refractivity contribution in [2.24, 2.45) is 0 Å². The molecule has 0 saturated carbocycles. The van der Waals surface area contributed by atoms with Crippen molar-refractivity contribution in [2.75, 3.05) is 25.7 Å². The van der Waals surface area contributed by atoms with Crippen molar-refractivity contribution < 1.29 is 24.2 Å². The smallest absolute Gasteiger partial charge is 0.251 e. The summed E-state index contributed by atoms with van der Waals surface area (Å²) in [7, 11) is 3.20. The van der Waals surface area contributed by atoms with Crippen LogP contribution < -0.4 is 14.4 Å². The summed E-state index contributed by atoms with van der Waals surface area (Å²) in [4.78, 5) is 29.9. The van der Waals surface area contributed by atoms with Gasteiger partial charge in [-0.2, -0.15) is 0 Å². The summed E-state index contributed by atoms with van der Waals surface area (Å²) < 4.78 is 11.1. The van der Waals surface area contributed by atoms with Crippen molar-refractivity contribution in [2.45, 2.75) is 24.9 Å². The number of phenols is 1. The quantitative estimate of drug-likeness (QED) is 0.588. The molecule has 1 fully saturated rings. The van der Waals surface area contributed by atoms with E-state index in [4.69, 9.17) is 9.47 Å². The lowest BCUT2D eigenvalue weighted by atomic mass is 9.86. The van der Waals surface area contributed by atoms with E-state index in [0.717, 1.165) is 16.7 Å². The monoisotopic (exact) mass is 458 g/mol. The van der Waals surface area contributed by atoms with Gasteiger partial charge in [0.25, 0.3) is 5.91 Å². The summed E-state index contributed by atoms with van der Waals surface area (Å²) in [5.74, 6) is 1.00. The summed E-state index contributed by atoms with van der Waals surface area (Å²) in [5, 5.41) is 9.86. The highest BCUT2D eigenvalue weighted by Crippen LogP contribution is 2.43. The molecule has 2 atom stereocenters. The van der Waals surface area contributed by atoms with Crippen molar-refractivity contribution in [3.63, 3.8) is 0 Å². The zero-order valence-electron chi connectivity index (χ0n) is 19.1. The molecule has 174 valence electrons. The Balaban J connectivity index is 1.59. The lowest BCUT2D eigenvalue weighted by Crippen LogP contribution is -2.47. The first-order valence-electron chi connectivity index (χ1n) is 11.2. The van der Waals surface area contributed by atoms with E-state index in [1.807, 2.05) is 42.5 Å². The fourth-order valence-corrected chi connectivity index (χ4v) is 5.05. The fourth-order valence-electron chi connectivity index (χ4n) is 5.05. The second-order valence-corrected chi connectivity index (χ2v) is 8.51. The van der Waals surface area contributed by atoms with Crippen molar-refractivity contribution in [3.05, 3.63) is 83.4 Å². The number of amides is 2. The van der Waals surface area contributed by atoms with Crippen LogP contribution >= 0.6 is 0 Å². The summed E-state index contributed by atoms with van der Waals surface area (Å²) >= 11 is 0. The van der Waals surface area contributed by atoms with Crippen LogP contribution in [-0.4, -0.2) is 48.6 Å². The lowest BCUT2D eigenvalue weighted by Gasteiger charge is -2.40. The van der Waals surface area contributed by atoms with Crippen LogP contribution in [0, 0.1) is 0 Å². The number of phenolic OH excluding ortho intramolecular Hbond substituents is 1. The van der Waals surface area contributed by atoms with Crippen molar-refractivity contribution in [1.82, 2.24) is 4.90 Å². The molecule has 7 nitrogen and oxygen atoms in total. The zero-order valence-corrected chi connectivity index (χ0v) is 19.1. The third-order valence-electron chi connectivity index (χ3n) is 6.66. The van der Waals surface area contributed by atoms with E-state index < -0.39 is 6.04 Å². The number of hydrogen-bond donors (Lipinski definition) is 1. The topological polar surface area (TPSA) is 79.3 Å². The SMILES string of the molecule is COc1cc2c(cc1OC)[C@@H](c1ccc(O)cc1)N([C@@H]1CC(=O)N(c3ccccc3)C1=O)CC2. The van der Waals surface area contributed by atoms with Crippen LogP contribution in [-0.2, 0) is 16.0 Å². The van der Waals surface area contributed by atoms with Crippen molar-refractivity contribution in [1.29, 1.82) is 0 Å². The Morgan fingerprint density at radius 2 is 1.59 bits per heavy atom. The number of fused-ring (bicyclic) bond motifs is 1. The highest BCUT2D eigenvalue weighted by atomic mass is 16.5. The summed E-state index contributed by atoms with van der Waals surface area (Å²) in [5.41, 5.74) is 3.60. The second kappa shape index (κ2) is 8.83. The van der Waals surface area contributed by atoms with Gasteiger partial charge in [0.05, 0.1) is 38.4 Å². The van der Waals surface area contributed by atoms with E-state index in [1.54, 1.807) is 38.5 Å². The van der Waals surface area contributed by atoms with Crippen molar-refractivity contribution in [3.8, 4) is 17.2 Å². The Labute approximate surface area is 198 Å². The molecule has 1 saturated heterocycles. The second-order valence-electron chi connectivity index (χ2n) is 8.51. The molecular formula is C27H26N2O5. The number of aromatic hydroxyl groups is 1. The molecule has 3 aromatic carbocycles. The molecule has 0 radical (unpaired) electrons. The van der Waals surface area contributed by atoms with Gasteiger partial charge in [-0.1, -0.05) is 30.3 Å². The molecule has 2 aliphatic rings. The van der Waals surface area contributed by atoms with E-state index in [0.29, 0.717) is 30.2 Å². The van der Waals surface area contributed by atoms with Gasteiger partial charge in [-0.15, -0.1) is 0 Å². The number of carbonyl (C=O) groups is 2. The van der Waals surface area contributed by atoms with Gasteiger partial charge in [0, 0.05) is 6.54 Å². The molecule has 0 bridgehead atoms. The largest absolute Gasteiger partial charge is 0.508 e. The fraction of sp³-hybridized carbons (Fsp3) is 0.259. The predicted molar refractivity (Wildman–Crippen MR) is 127 cm³/mol. The third kappa shape index (κ3) is 3.68. The number of ether oxygens (including phenoxy) is 2. The number of benzene rings is 3. The van der Waals surface area contributed by atoms with Gasteiger partial charge in [0.15, 0.2) is 11.5 Å². The van der Waals surface area contributed by atoms with Crippen LogP contribution in [0.4, 0.5) is 5.69 Å². The normalized spacial score (nSPS) is 20.4. The number of para-hydroxylation sites is 1. The molecule has 1 N–H and O–H groups in total. The first kappa shape index (κ1) is 22.0. The molecule has 0 aliphatic carbocycles. The number of carbonyl (C=O) groups excluding carboxylic acids is 2. The minimum atomic E-state index is -0.590. The van der Waals surface area contributed by atoms with Crippen LogP contribution in [0.2, 0.25) is 0 Å². The number of anilines is 1. The number of rotatable bonds is 5. The summed E-state index contributed by atoms with van der Waals surface area (Å²) in [6, 6.07) is 19.1. The van der Waals surface area contributed by atoms with Crippen LogP contribution in [0.15, 0.2) is 66.7 Å². The van der Waals surface area contributed by atoms with E-state index in [9.17, 15) is 14.7 Å². The van der Waals surface area contributed by atoms with E-state index in [1.165, 1.54) is 4.90 Å². The van der Waals surface area contributed by atoms with Gasteiger partial charge in [-0.25, -0.2) is 4.90 Å². The van der Waals surface area contributed by atoms with Gasteiger partial charge >= 0.3 is 0 Å². The minimum Gasteiger partial charge on any atom is -0.508 e. The molecule has 0 spiro atoms. The summed E-state index contributed by atoms with van der Waals surface area (Å²) in [6.45, 7) is 0.598. The lowest BCUT2D eigenvalue weighted by molar-refractivity contribution is -0.123. The Kier molecular flexibility index (Phi) is 5.71. The van der Waals surface area contributed by atoms with Gasteiger partial charge in [0.1, 0.15) is 5.75 Å². The maximum absolute atomic E-state index is 13.6. The van der Waals surface area contributed by atoms with Crippen LogP contribution in [0.5, 0.6) is 17.2 Å². The molecule has 2 amide bonds. The average molecular weight is 459 g/mol. The molecule has 2 aliphatic heterocycles. The Morgan fingerprint density at radius 1 is 0.912 bits per heavy atom. The van der Waals surface area contributed by atoms with Crippen LogP contribution in [0.3, 0.4) is 0 Å². The molecule has 2 heterocycles. The minimum absolute atomic E-state index is 0.116. The highest BCUT2D eigenvalue weighted by Gasteiger charge is 2.46. The zero-order chi connectivity index (χ0) is 23.8.